The SMILES string of the molecule is CCC(NS(=O)(=O)c1ccc(OC)cc1)C(=O)[O-]. The number of aliphatic carboxylic acids is 1. The summed E-state index contributed by atoms with van der Waals surface area (Å²) in [6.45, 7) is 1.55. The van der Waals surface area contributed by atoms with Crippen LogP contribution < -0.4 is 14.6 Å². The molecule has 6 nitrogen and oxygen atoms in total. The van der Waals surface area contributed by atoms with E-state index in [0.29, 0.717) is 5.75 Å². The van der Waals surface area contributed by atoms with Gasteiger partial charge in [0.2, 0.25) is 10.0 Å². The monoisotopic (exact) mass is 272 g/mol. The molecule has 0 spiro atoms. The number of hydrogen-bond donors (Lipinski definition) is 1. The molecule has 0 radical (unpaired) electrons. The van der Waals surface area contributed by atoms with Gasteiger partial charge in [-0.3, -0.25) is 0 Å². The summed E-state index contributed by atoms with van der Waals surface area (Å²) < 4.78 is 30.7. The molecule has 0 aliphatic rings. The number of hydrogen-bond acceptors (Lipinski definition) is 5. The Morgan fingerprint density at radius 3 is 2.33 bits per heavy atom. The highest BCUT2D eigenvalue weighted by molar-refractivity contribution is 7.89. The number of ether oxygens (including phenoxy) is 1. The second kappa shape index (κ2) is 5.83. The van der Waals surface area contributed by atoms with E-state index in [1.807, 2.05) is 0 Å². The number of carboxylic acids is 1. The quantitative estimate of drug-likeness (QED) is 0.753. The minimum absolute atomic E-state index is 0.0250. The molecule has 7 heteroatoms. The van der Waals surface area contributed by atoms with Crippen LogP contribution in [-0.2, 0) is 14.8 Å². The molecule has 1 unspecified atom stereocenters. The van der Waals surface area contributed by atoms with E-state index in [1.54, 1.807) is 6.92 Å². The first-order valence-electron chi connectivity index (χ1n) is 5.28. The molecule has 0 aromatic heterocycles. The van der Waals surface area contributed by atoms with Crippen LogP contribution >= 0.6 is 0 Å². The molecule has 0 aliphatic heterocycles. The first-order chi connectivity index (χ1) is 8.40. The molecule has 1 N–H and O–H groups in total. The van der Waals surface area contributed by atoms with Crippen molar-refractivity contribution in [2.45, 2.75) is 24.3 Å². The highest BCUT2D eigenvalue weighted by Gasteiger charge is 2.19. The van der Waals surface area contributed by atoms with Crippen molar-refractivity contribution in [1.82, 2.24) is 4.72 Å². The van der Waals surface area contributed by atoms with Crippen molar-refractivity contribution in [3.63, 3.8) is 0 Å². The molecule has 100 valence electrons. The van der Waals surface area contributed by atoms with E-state index >= 15 is 0 Å². The maximum absolute atomic E-state index is 11.9. The Labute approximate surface area is 106 Å². The van der Waals surface area contributed by atoms with Crippen molar-refractivity contribution in [1.29, 1.82) is 0 Å². The predicted molar refractivity (Wildman–Crippen MR) is 62.4 cm³/mol. The van der Waals surface area contributed by atoms with Gasteiger partial charge in [-0.25, -0.2) is 13.1 Å². The van der Waals surface area contributed by atoms with Gasteiger partial charge in [0, 0.05) is 0 Å². The number of carbonyl (C=O) groups is 1. The van der Waals surface area contributed by atoms with Gasteiger partial charge >= 0.3 is 0 Å². The molecule has 18 heavy (non-hydrogen) atoms. The van der Waals surface area contributed by atoms with E-state index in [1.165, 1.54) is 31.4 Å². The van der Waals surface area contributed by atoms with Gasteiger partial charge in [0.05, 0.1) is 24.0 Å². The van der Waals surface area contributed by atoms with Gasteiger partial charge in [-0.05, 0) is 30.7 Å². The largest absolute Gasteiger partial charge is 0.548 e. The third-order valence-electron chi connectivity index (χ3n) is 2.36. The molecule has 1 atom stereocenters. The van der Waals surface area contributed by atoms with Crippen LogP contribution in [0.5, 0.6) is 5.75 Å². The van der Waals surface area contributed by atoms with Gasteiger partial charge in [-0.2, -0.15) is 0 Å². The summed E-state index contributed by atoms with van der Waals surface area (Å²) in [4.78, 5) is 10.7. The molecule has 0 aliphatic carbocycles. The Kier molecular flexibility index (Phi) is 4.69. The van der Waals surface area contributed by atoms with Crippen LogP contribution in [0, 0.1) is 0 Å². The van der Waals surface area contributed by atoms with Crippen LogP contribution in [0.25, 0.3) is 0 Å². The van der Waals surface area contributed by atoms with Crippen molar-refractivity contribution < 1.29 is 23.1 Å². The second-order valence-corrected chi connectivity index (χ2v) is 5.29. The summed E-state index contributed by atoms with van der Waals surface area (Å²) in [5.41, 5.74) is 0. The molecule has 0 fully saturated rings. The third kappa shape index (κ3) is 3.44. The molecule has 1 aromatic carbocycles. The fourth-order valence-electron chi connectivity index (χ4n) is 1.31. The Morgan fingerprint density at radius 1 is 1.39 bits per heavy atom. The van der Waals surface area contributed by atoms with Gasteiger partial charge < -0.3 is 14.6 Å². The molecular formula is C11H14NO5S-. The number of methoxy groups -OCH3 is 1. The van der Waals surface area contributed by atoms with Crippen molar-refractivity contribution in [3.05, 3.63) is 24.3 Å². The Hall–Kier alpha value is -1.60. The van der Waals surface area contributed by atoms with Crippen LogP contribution in [0.2, 0.25) is 0 Å². The fourth-order valence-corrected chi connectivity index (χ4v) is 2.58. The average Bonchev–Trinajstić information content (AvgIpc) is 2.35. The van der Waals surface area contributed by atoms with E-state index < -0.39 is 22.0 Å². The summed E-state index contributed by atoms with van der Waals surface area (Å²) in [5, 5.41) is 10.7. The van der Waals surface area contributed by atoms with Crippen LogP contribution in [0.3, 0.4) is 0 Å². The highest BCUT2D eigenvalue weighted by Crippen LogP contribution is 2.15. The smallest absolute Gasteiger partial charge is 0.241 e. The maximum atomic E-state index is 11.9. The number of sulfonamides is 1. The molecule has 0 saturated carbocycles. The van der Waals surface area contributed by atoms with Gasteiger partial charge in [0.15, 0.2) is 0 Å². The lowest BCUT2D eigenvalue weighted by molar-refractivity contribution is -0.308. The van der Waals surface area contributed by atoms with Crippen molar-refractivity contribution in [2.24, 2.45) is 0 Å². The second-order valence-electron chi connectivity index (χ2n) is 3.58. The van der Waals surface area contributed by atoms with E-state index in [2.05, 4.69) is 4.72 Å². The van der Waals surface area contributed by atoms with Crippen LogP contribution in [-0.4, -0.2) is 27.5 Å². The van der Waals surface area contributed by atoms with E-state index in [4.69, 9.17) is 4.74 Å². The summed E-state index contributed by atoms with van der Waals surface area (Å²) in [7, 11) is -2.40. The number of carbonyl (C=O) groups excluding carboxylic acids is 1. The van der Waals surface area contributed by atoms with Gasteiger partial charge in [-0.15, -0.1) is 0 Å². The molecule has 0 heterocycles. The number of carboxylic acid groups (broad SMARTS) is 1. The van der Waals surface area contributed by atoms with Gasteiger partial charge in [0.25, 0.3) is 0 Å². The zero-order chi connectivity index (χ0) is 13.8. The minimum atomic E-state index is -3.87. The van der Waals surface area contributed by atoms with E-state index in [0.717, 1.165) is 0 Å². The summed E-state index contributed by atoms with van der Waals surface area (Å²) >= 11 is 0. The lowest BCUT2D eigenvalue weighted by Crippen LogP contribution is -2.47. The van der Waals surface area contributed by atoms with Crippen LogP contribution in [0.1, 0.15) is 13.3 Å². The maximum Gasteiger partial charge on any atom is 0.241 e. The fraction of sp³-hybridized carbons (Fsp3) is 0.364. The zero-order valence-electron chi connectivity index (χ0n) is 10.0. The van der Waals surface area contributed by atoms with Crippen LogP contribution in [0.4, 0.5) is 0 Å². The first kappa shape index (κ1) is 14.5. The number of benzene rings is 1. The van der Waals surface area contributed by atoms with Gasteiger partial charge in [-0.1, -0.05) is 6.92 Å². The van der Waals surface area contributed by atoms with Crippen molar-refractivity contribution in [3.8, 4) is 5.75 Å². The molecule has 1 aromatic rings. The summed E-state index contributed by atoms with van der Waals surface area (Å²) in [6.07, 6.45) is 0.109. The van der Waals surface area contributed by atoms with Crippen molar-refractivity contribution >= 4 is 16.0 Å². The normalized spacial score (nSPS) is 13.0. The predicted octanol–water partition coefficient (Wildman–Crippen LogP) is -0.498. The Balaban J connectivity index is 2.95. The summed E-state index contributed by atoms with van der Waals surface area (Å²) in [5.74, 6) is -0.935. The molecule has 0 saturated heterocycles. The zero-order valence-corrected chi connectivity index (χ0v) is 10.9. The molecule has 1 rings (SSSR count). The highest BCUT2D eigenvalue weighted by atomic mass is 32.2. The topological polar surface area (TPSA) is 95.5 Å². The van der Waals surface area contributed by atoms with Crippen molar-refractivity contribution in [2.75, 3.05) is 7.11 Å². The molecular weight excluding hydrogens is 258 g/mol. The number of nitrogens with one attached hydrogen (secondary N) is 1. The lowest BCUT2D eigenvalue weighted by atomic mass is 10.2. The Bertz CT molecular complexity index is 509. The molecule has 0 bridgehead atoms. The van der Waals surface area contributed by atoms with E-state index in [-0.39, 0.29) is 11.3 Å². The average molecular weight is 272 g/mol. The first-order valence-corrected chi connectivity index (χ1v) is 6.76. The summed E-state index contributed by atoms with van der Waals surface area (Å²) in [6, 6.07) is 4.40. The lowest BCUT2D eigenvalue weighted by Gasteiger charge is -2.17. The Morgan fingerprint density at radius 2 is 1.94 bits per heavy atom. The molecule has 0 amide bonds. The van der Waals surface area contributed by atoms with Crippen LogP contribution in [0.15, 0.2) is 29.2 Å². The van der Waals surface area contributed by atoms with Gasteiger partial charge in [0.1, 0.15) is 5.75 Å². The van der Waals surface area contributed by atoms with E-state index in [9.17, 15) is 18.3 Å². The minimum Gasteiger partial charge on any atom is -0.548 e. The standard InChI is InChI=1S/C11H15NO5S/c1-3-10(11(13)14)12-18(15,16)9-6-4-8(17-2)5-7-9/h4-7,10,12H,3H2,1-2H3,(H,13,14)/p-1. The number of rotatable bonds is 6. The third-order valence-corrected chi connectivity index (χ3v) is 3.85.